The van der Waals surface area contributed by atoms with Crippen LogP contribution >= 0.6 is 24.0 Å². The molecule has 1 saturated heterocycles. The molecule has 8 nitrogen and oxygen atoms in total. The third-order valence-electron chi connectivity index (χ3n) is 11.3. The second-order valence-corrected chi connectivity index (χ2v) is 14.6. The van der Waals surface area contributed by atoms with E-state index >= 15 is 0 Å². The van der Waals surface area contributed by atoms with Crippen molar-refractivity contribution in [1.82, 2.24) is 15.2 Å². The molecule has 1 unspecified atom stereocenters. The van der Waals surface area contributed by atoms with Gasteiger partial charge in [0.15, 0.2) is 5.72 Å². The molecule has 2 heterocycles. The van der Waals surface area contributed by atoms with Gasteiger partial charge in [-0.25, -0.2) is 9.78 Å². The van der Waals surface area contributed by atoms with Gasteiger partial charge < -0.3 is 24.8 Å². The van der Waals surface area contributed by atoms with E-state index in [2.05, 4.69) is 30.3 Å². The first-order chi connectivity index (χ1) is 22.7. The van der Waals surface area contributed by atoms with Gasteiger partial charge in [0.05, 0.1) is 17.3 Å². The topological polar surface area (TPSA) is 101 Å². The lowest BCUT2D eigenvalue weighted by molar-refractivity contribution is -0.191. The Labute approximate surface area is 294 Å². The highest BCUT2D eigenvalue weighted by Crippen LogP contribution is 2.58. The fraction of sp³-hybridized carbons (Fsp3) is 0.500. The molecule has 256 valence electrons. The van der Waals surface area contributed by atoms with E-state index in [0.29, 0.717) is 41.0 Å². The number of hydrogen-bond acceptors (Lipinski definition) is 6. The van der Waals surface area contributed by atoms with Crippen LogP contribution in [0.2, 0.25) is 5.02 Å². The van der Waals surface area contributed by atoms with E-state index in [1.165, 1.54) is 25.7 Å². The van der Waals surface area contributed by atoms with Crippen LogP contribution < -0.4 is 10.1 Å². The highest BCUT2D eigenvalue weighted by Gasteiger charge is 2.61. The Morgan fingerprint density at radius 1 is 1.00 bits per heavy atom. The second kappa shape index (κ2) is 14.3. The van der Waals surface area contributed by atoms with Gasteiger partial charge >= 0.3 is 6.16 Å². The number of hydrogen-bond donors (Lipinski definition) is 2. The second-order valence-electron chi connectivity index (χ2n) is 14.2. The number of carboxylic acid groups (broad SMARTS) is 1. The van der Waals surface area contributed by atoms with E-state index in [1.54, 1.807) is 6.07 Å². The number of nitrogens with zero attached hydrogens (tertiary/aromatic N) is 2. The van der Waals surface area contributed by atoms with E-state index in [1.807, 2.05) is 42.5 Å². The number of ether oxygens (including phenoxy) is 2. The summed E-state index contributed by atoms with van der Waals surface area (Å²) in [5, 5.41) is 13.4. The van der Waals surface area contributed by atoms with Crippen molar-refractivity contribution >= 4 is 36.1 Å². The highest BCUT2D eigenvalue weighted by molar-refractivity contribution is 6.32. The fourth-order valence-corrected chi connectivity index (χ4v) is 9.31. The number of benzene rings is 2. The number of carbonyl (C=O) groups excluding carboxylic acids is 1. The zero-order valence-electron chi connectivity index (χ0n) is 27.6. The van der Waals surface area contributed by atoms with Crippen molar-refractivity contribution in [2.24, 2.45) is 23.7 Å². The minimum atomic E-state index is -1.36. The third-order valence-corrected chi connectivity index (χ3v) is 11.6. The summed E-state index contributed by atoms with van der Waals surface area (Å²) in [6, 6.07) is 17.9. The van der Waals surface area contributed by atoms with Crippen LogP contribution in [0.4, 0.5) is 4.79 Å². The Hall–Kier alpha value is -3.33. The zero-order chi connectivity index (χ0) is 32.7. The molecule has 48 heavy (non-hydrogen) atoms. The van der Waals surface area contributed by atoms with Crippen molar-refractivity contribution in [2.75, 3.05) is 20.2 Å². The Balaban J connectivity index is 0.00000401. The Kier molecular flexibility index (Phi) is 10.3. The molecular weight excluding hydrogens is 649 g/mol. The molecule has 0 radical (unpaired) electrons. The van der Waals surface area contributed by atoms with Crippen LogP contribution in [0, 0.1) is 30.6 Å². The number of rotatable bonds is 9. The molecular formula is C38H45Cl2N3O5. The smallest absolute Gasteiger partial charge is 0.492 e. The van der Waals surface area contributed by atoms with Gasteiger partial charge in [0, 0.05) is 29.0 Å². The van der Waals surface area contributed by atoms with Crippen LogP contribution in [0.1, 0.15) is 73.8 Å². The average molecular weight is 695 g/mol. The largest absolute Gasteiger partial charge is 0.507 e. The molecule has 1 aromatic heterocycles. The SMILES string of the molecule is Cc1ccccc1-c1ccc(C(=O)NC2(OC(=O)O)C3CC4CC(C3)CC2C4)nc1-c1ccc(Cl)c(OCCC2CCCCN2C)c1.Cl. The summed E-state index contributed by atoms with van der Waals surface area (Å²) in [7, 11) is 2.18. The van der Waals surface area contributed by atoms with Crippen LogP contribution in [0.5, 0.6) is 5.75 Å². The van der Waals surface area contributed by atoms with Crippen molar-refractivity contribution in [3.05, 3.63) is 70.9 Å². The molecule has 2 N–H and O–H groups in total. The Morgan fingerprint density at radius 2 is 1.73 bits per heavy atom. The first-order valence-electron chi connectivity index (χ1n) is 17.1. The van der Waals surface area contributed by atoms with Crippen LogP contribution in [-0.4, -0.2) is 59.0 Å². The van der Waals surface area contributed by atoms with Crippen molar-refractivity contribution in [3.8, 4) is 28.1 Å². The predicted molar refractivity (Wildman–Crippen MR) is 189 cm³/mol. The van der Waals surface area contributed by atoms with Crippen LogP contribution in [0.15, 0.2) is 54.6 Å². The summed E-state index contributed by atoms with van der Waals surface area (Å²) in [4.78, 5) is 33.5. The lowest BCUT2D eigenvalue weighted by Crippen LogP contribution is -2.68. The molecule has 1 aliphatic heterocycles. The number of nitrogens with one attached hydrogen (secondary N) is 1. The quantitative estimate of drug-likeness (QED) is 0.171. The number of piperidine rings is 1. The van der Waals surface area contributed by atoms with Gasteiger partial charge in [-0.15, -0.1) is 12.4 Å². The minimum absolute atomic E-state index is 0. The maximum atomic E-state index is 14.1. The predicted octanol–water partition coefficient (Wildman–Crippen LogP) is 8.63. The van der Waals surface area contributed by atoms with Gasteiger partial charge in [-0.05, 0) is 119 Å². The number of amides is 1. The number of aromatic nitrogens is 1. The fourth-order valence-electron chi connectivity index (χ4n) is 9.14. The number of pyridine rings is 1. The van der Waals surface area contributed by atoms with E-state index in [4.69, 9.17) is 26.1 Å². The molecule has 1 atom stereocenters. The Morgan fingerprint density at radius 3 is 2.42 bits per heavy atom. The van der Waals surface area contributed by atoms with Crippen LogP contribution in [-0.2, 0) is 4.74 Å². The molecule has 10 heteroatoms. The first-order valence-corrected chi connectivity index (χ1v) is 17.5. The summed E-state index contributed by atoms with van der Waals surface area (Å²) in [6.45, 7) is 3.72. The van der Waals surface area contributed by atoms with Gasteiger partial charge in [-0.3, -0.25) is 4.79 Å². The van der Waals surface area contributed by atoms with Gasteiger partial charge in [0.2, 0.25) is 0 Å². The summed E-state index contributed by atoms with van der Waals surface area (Å²) < 4.78 is 11.9. The highest BCUT2D eigenvalue weighted by atomic mass is 35.5. The van der Waals surface area contributed by atoms with Gasteiger partial charge in [0.25, 0.3) is 5.91 Å². The van der Waals surface area contributed by atoms with E-state index in [0.717, 1.165) is 60.9 Å². The summed E-state index contributed by atoms with van der Waals surface area (Å²) in [5.41, 5.74) is 3.33. The monoisotopic (exact) mass is 693 g/mol. The molecule has 3 aromatic rings. The normalized spacial score (nSPS) is 27.6. The van der Waals surface area contributed by atoms with Crippen molar-refractivity contribution < 1.29 is 24.2 Å². The van der Waals surface area contributed by atoms with E-state index in [-0.39, 0.29) is 29.9 Å². The molecule has 8 rings (SSSR count). The average Bonchev–Trinajstić information content (AvgIpc) is 3.05. The molecule has 0 spiro atoms. The minimum Gasteiger partial charge on any atom is -0.492 e. The molecule has 4 bridgehead atoms. The molecule has 2 aromatic carbocycles. The maximum Gasteiger partial charge on any atom is 0.507 e. The molecule has 5 fully saturated rings. The van der Waals surface area contributed by atoms with Crippen LogP contribution in [0.25, 0.3) is 22.4 Å². The maximum absolute atomic E-state index is 14.1. The molecule has 4 saturated carbocycles. The van der Waals surface area contributed by atoms with E-state index in [9.17, 15) is 14.7 Å². The lowest BCUT2D eigenvalue weighted by Gasteiger charge is -2.59. The zero-order valence-corrected chi connectivity index (χ0v) is 29.2. The van der Waals surface area contributed by atoms with Gasteiger partial charge in [-0.2, -0.15) is 0 Å². The summed E-state index contributed by atoms with van der Waals surface area (Å²) in [6.07, 6.45) is 7.90. The number of halogens is 2. The Bertz CT molecular complexity index is 1640. The van der Waals surface area contributed by atoms with Crippen molar-refractivity contribution in [1.29, 1.82) is 0 Å². The van der Waals surface area contributed by atoms with Gasteiger partial charge in [-0.1, -0.05) is 48.4 Å². The van der Waals surface area contributed by atoms with Gasteiger partial charge in [0.1, 0.15) is 11.4 Å². The molecule has 4 aliphatic carbocycles. The third kappa shape index (κ3) is 6.76. The first kappa shape index (κ1) is 34.5. The number of carbonyl (C=O) groups is 2. The lowest BCUT2D eigenvalue weighted by atomic mass is 9.52. The van der Waals surface area contributed by atoms with Crippen molar-refractivity contribution in [3.63, 3.8) is 0 Å². The standard InChI is InChI=1S/C38H44ClN3O5.ClH/c1-23-7-3-4-9-30(23)31-11-13-33(36(43)41-38(47-37(44)45)27-18-24-17-25(20-27)21-28(38)19-24)40-35(31)26-10-12-32(39)34(22-26)46-16-14-29-8-5-6-15-42(29)2;/h3-4,7,9-13,22,24-25,27-29H,5-6,8,14-21H2,1-2H3,(H,41,43)(H,44,45);1H. The van der Waals surface area contributed by atoms with Crippen molar-refractivity contribution in [2.45, 2.75) is 76.5 Å². The number of likely N-dealkylation sites (tertiary alicyclic amines) is 1. The van der Waals surface area contributed by atoms with Crippen LogP contribution in [0.3, 0.4) is 0 Å². The summed E-state index contributed by atoms with van der Waals surface area (Å²) in [5.74, 6) is 1.23. The molecule has 5 aliphatic rings. The number of aryl methyl sites for hydroxylation is 1. The molecule has 1 amide bonds. The summed E-state index contributed by atoms with van der Waals surface area (Å²) >= 11 is 6.64. The van der Waals surface area contributed by atoms with E-state index < -0.39 is 17.8 Å².